The molecule has 1 fully saturated rings. The van der Waals surface area contributed by atoms with Gasteiger partial charge in [-0.05, 0) is 86.5 Å². The molecule has 1 aliphatic rings. The quantitative estimate of drug-likeness (QED) is 0.312. The first-order valence-electron chi connectivity index (χ1n) is 11.6. The molecule has 0 bridgehead atoms. The molecular formula is C25H23F2N3O7S2. The summed E-state index contributed by atoms with van der Waals surface area (Å²) in [5.74, 6) is -2.86. The average Bonchev–Trinajstić information content (AvgIpc) is 3.67. The number of carbonyl (C=O) groups is 2. The Morgan fingerprint density at radius 1 is 0.795 bits per heavy atom. The number of amides is 1. The van der Waals surface area contributed by atoms with Crippen LogP contribution in [0, 0.1) is 11.6 Å². The normalized spacial score (nSPS) is 14.2. The lowest BCUT2D eigenvalue weighted by atomic mass is 10.2. The lowest BCUT2D eigenvalue weighted by Crippen LogP contribution is -2.37. The third-order valence-electron chi connectivity index (χ3n) is 5.50. The Balaban J connectivity index is 1.65. The third-order valence-corrected chi connectivity index (χ3v) is 8.29. The number of halogens is 2. The maximum Gasteiger partial charge on any atom is 0.339 e. The molecule has 1 atom stereocenters. The van der Waals surface area contributed by atoms with Gasteiger partial charge in [0.05, 0.1) is 26.7 Å². The van der Waals surface area contributed by atoms with Gasteiger partial charge < -0.3 is 10.1 Å². The van der Waals surface area contributed by atoms with Crippen molar-refractivity contribution in [2.75, 3.05) is 9.44 Å². The largest absolute Gasteiger partial charge is 0.449 e. The van der Waals surface area contributed by atoms with Crippen LogP contribution < -0.4 is 14.8 Å². The number of rotatable bonds is 10. The minimum atomic E-state index is -4.28. The first-order chi connectivity index (χ1) is 18.3. The Hall–Kier alpha value is -4.04. The number of hydrogen-bond acceptors (Lipinski definition) is 7. The van der Waals surface area contributed by atoms with Gasteiger partial charge in [0.2, 0.25) is 0 Å². The summed E-state index contributed by atoms with van der Waals surface area (Å²) in [4.78, 5) is 24.5. The number of ether oxygens (including phenoxy) is 1. The highest BCUT2D eigenvalue weighted by Gasteiger charge is 2.28. The van der Waals surface area contributed by atoms with Gasteiger partial charge in [-0.1, -0.05) is 0 Å². The van der Waals surface area contributed by atoms with E-state index in [-0.39, 0.29) is 32.8 Å². The zero-order valence-electron chi connectivity index (χ0n) is 20.3. The number of anilines is 2. The van der Waals surface area contributed by atoms with Gasteiger partial charge in [0.1, 0.15) is 11.6 Å². The van der Waals surface area contributed by atoms with Gasteiger partial charge in [-0.15, -0.1) is 0 Å². The topological polar surface area (TPSA) is 148 Å². The smallest absolute Gasteiger partial charge is 0.339 e. The summed E-state index contributed by atoms with van der Waals surface area (Å²) in [7, 11) is -8.57. The number of benzene rings is 3. The van der Waals surface area contributed by atoms with Crippen molar-refractivity contribution in [3.63, 3.8) is 0 Å². The van der Waals surface area contributed by atoms with E-state index in [2.05, 4.69) is 14.8 Å². The fraction of sp³-hybridized carbons (Fsp3) is 0.200. The molecule has 1 aliphatic carbocycles. The number of carbonyl (C=O) groups excluding carboxylic acids is 2. The first-order valence-corrected chi connectivity index (χ1v) is 14.5. The Bertz CT molecular complexity index is 1510. The van der Waals surface area contributed by atoms with Crippen LogP contribution in [0.2, 0.25) is 0 Å². The van der Waals surface area contributed by atoms with Gasteiger partial charge in [0.15, 0.2) is 6.10 Å². The fourth-order valence-electron chi connectivity index (χ4n) is 3.35. The molecule has 0 saturated heterocycles. The van der Waals surface area contributed by atoms with Crippen LogP contribution in [0.3, 0.4) is 0 Å². The van der Waals surface area contributed by atoms with Gasteiger partial charge in [0.25, 0.3) is 26.0 Å². The van der Waals surface area contributed by atoms with Gasteiger partial charge in [-0.3, -0.25) is 14.2 Å². The van der Waals surface area contributed by atoms with Crippen LogP contribution in [0.25, 0.3) is 0 Å². The molecular weight excluding hydrogens is 556 g/mol. The fourth-order valence-corrected chi connectivity index (χ4v) is 5.43. The number of esters is 1. The molecule has 0 radical (unpaired) electrons. The minimum absolute atomic E-state index is 0.0234. The summed E-state index contributed by atoms with van der Waals surface area (Å²) in [6, 6.07) is 11.2. The van der Waals surface area contributed by atoms with E-state index in [0.717, 1.165) is 79.6 Å². The monoisotopic (exact) mass is 579 g/mol. The summed E-state index contributed by atoms with van der Waals surface area (Å²) in [5.41, 5.74) is -0.751. The van der Waals surface area contributed by atoms with E-state index >= 15 is 0 Å². The van der Waals surface area contributed by atoms with Crippen LogP contribution in [-0.4, -0.2) is 40.9 Å². The summed E-state index contributed by atoms with van der Waals surface area (Å²) in [5, 5.41) is 2.69. The Labute approximate surface area is 223 Å². The molecule has 1 saturated carbocycles. The second kappa shape index (κ2) is 11.0. The van der Waals surface area contributed by atoms with Crippen LogP contribution in [0.5, 0.6) is 0 Å². The standard InChI is InChI=1S/C25H23F2N3O7S2/c1-15(24(31)28-19-6-7-19)37-25(32)16-12-20(29-38(33,34)22-8-2-17(26)3-9-22)14-21(13-16)30-39(35,36)23-10-4-18(27)5-11-23/h2-5,8-15,19,29-30H,6-7H2,1H3,(H,28,31)/t15-/m1/s1. The highest BCUT2D eigenvalue weighted by Crippen LogP contribution is 2.26. The number of sulfonamides is 2. The van der Waals surface area contributed by atoms with Crippen molar-refractivity contribution in [3.05, 3.63) is 83.9 Å². The molecule has 10 nitrogen and oxygen atoms in total. The number of hydrogen-bond donors (Lipinski definition) is 3. The van der Waals surface area contributed by atoms with Crippen LogP contribution >= 0.6 is 0 Å². The van der Waals surface area contributed by atoms with Crippen molar-refractivity contribution in [3.8, 4) is 0 Å². The van der Waals surface area contributed by atoms with Crippen molar-refractivity contribution < 1.29 is 39.9 Å². The molecule has 0 aromatic heterocycles. The van der Waals surface area contributed by atoms with E-state index in [1.807, 2.05) is 0 Å². The third kappa shape index (κ3) is 7.29. The highest BCUT2D eigenvalue weighted by molar-refractivity contribution is 7.93. The van der Waals surface area contributed by atoms with E-state index in [4.69, 9.17) is 4.74 Å². The van der Waals surface area contributed by atoms with Crippen LogP contribution in [0.4, 0.5) is 20.2 Å². The summed E-state index contributed by atoms with van der Waals surface area (Å²) in [6.07, 6.45) is 0.456. The summed E-state index contributed by atoms with van der Waals surface area (Å²) < 4.78 is 87.5. The van der Waals surface area contributed by atoms with Gasteiger partial charge >= 0.3 is 5.97 Å². The van der Waals surface area contributed by atoms with Crippen LogP contribution in [-0.2, 0) is 29.6 Å². The van der Waals surface area contributed by atoms with Crippen molar-refractivity contribution in [1.29, 1.82) is 0 Å². The highest BCUT2D eigenvalue weighted by atomic mass is 32.2. The zero-order valence-corrected chi connectivity index (χ0v) is 22.0. The predicted molar refractivity (Wildman–Crippen MR) is 137 cm³/mol. The van der Waals surface area contributed by atoms with Gasteiger partial charge in [-0.25, -0.2) is 30.4 Å². The Morgan fingerprint density at radius 3 is 1.64 bits per heavy atom. The molecule has 3 N–H and O–H groups in total. The van der Waals surface area contributed by atoms with Crippen LogP contribution in [0.1, 0.15) is 30.1 Å². The molecule has 14 heteroatoms. The first kappa shape index (κ1) is 28.0. The predicted octanol–water partition coefficient (Wildman–Crippen LogP) is 3.39. The minimum Gasteiger partial charge on any atom is -0.449 e. The van der Waals surface area contributed by atoms with E-state index in [0.29, 0.717) is 0 Å². The maximum absolute atomic E-state index is 13.3. The molecule has 0 unspecified atom stereocenters. The van der Waals surface area contributed by atoms with Gasteiger partial charge in [-0.2, -0.15) is 0 Å². The maximum atomic E-state index is 13.3. The van der Waals surface area contributed by atoms with Crippen molar-refractivity contribution in [2.24, 2.45) is 0 Å². The van der Waals surface area contributed by atoms with E-state index in [9.17, 15) is 35.2 Å². The lowest BCUT2D eigenvalue weighted by molar-refractivity contribution is -0.129. The molecule has 39 heavy (non-hydrogen) atoms. The SMILES string of the molecule is C[C@@H](OC(=O)c1cc(NS(=O)(=O)c2ccc(F)cc2)cc(NS(=O)(=O)c2ccc(F)cc2)c1)C(=O)NC1CC1. The lowest BCUT2D eigenvalue weighted by Gasteiger charge is -2.16. The van der Waals surface area contributed by atoms with Crippen molar-refractivity contribution in [1.82, 2.24) is 5.32 Å². The van der Waals surface area contributed by atoms with E-state index in [1.54, 1.807) is 0 Å². The summed E-state index contributed by atoms with van der Waals surface area (Å²) >= 11 is 0. The van der Waals surface area contributed by atoms with Crippen LogP contribution in [0.15, 0.2) is 76.5 Å². The molecule has 0 spiro atoms. The van der Waals surface area contributed by atoms with E-state index < -0.39 is 49.7 Å². The molecule has 3 aromatic rings. The molecule has 4 rings (SSSR count). The second-order valence-electron chi connectivity index (χ2n) is 8.75. The van der Waals surface area contributed by atoms with Crippen molar-refractivity contribution in [2.45, 2.75) is 41.7 Å². The zero-order chi connectivity index (χ0) is 28.4. The Morgan fingerprint density at radius 2 is 1.23 bits per heavy atom. The molecule has 3 aromatic carbocycles. The molecule has 206 valence electrons. The molecule has 0 heterocycles. The van der Waals surface area contributed by atoms with Crippen molar-refractivity contribution >= 4 is 43.3 Å². The van der Waals surface area contributed by atoms with E-state index in [1.165, 1.54) is 6.92 Å². The summed E-state index contributed by atoms with van der Waals surface area (Å²) in [6.45, 7) is 1.36. The van der Waals surface area contributed by atoms with Gasteiger partial charge in [0, 0.05) is 6.04 Å². The molecule has 0 aliphatic heterocycles. The Kier molecular flexibility index (Phi) is 7.88. The average molecular weight is 580 g/mol. The molecule has 1 amide bonds. The second-order valence-corrected chi connectivity index (χ2v) is 12.1. The number of nitrogens with one attached hydrogen (secondary N) is 3.